The molecule has 5 aromatic rings. The highest BCUT2D eigenvalue weighted by molar-refractivity contribution is 9.10. The van der Waals surface area contributed by atoms with E-state index >= 15 is 0 Å². The van der Waals surface area contributed by atoms with Crippen molar-refractivity contribution in [2.45, 2.75) is 35.7 Å². The summed E-state index contributed by atoms with van der Waals surface area (Å²) >= 11 is 3.34. The third-order valence-corrected chi connectivity index (χ3v) is 7.89. The number of nitrogens with one attached hydrogen (secondary N) is 1. The van der Waals surface area contributed by atoms with E-state index in [2.05, 4.69) is 50.6 Å². The Labute approximate surface area is 205 Å². The van der Waals surface area contributed by atoms with Crippen LogP contribution in [0.3, 0.4) is 0 Å². The summed E-state index contributed by atoms with van der Waals surface area (Å²) in [7, 11) is -3.90. The lowest BCUT2D eigenvalue weighted by Crippen LogP contribution is -2.18. The molecule has 0 fully saturated rings. The zero-order valence-corrected chi connectivity index (χ0v) is 20.8. The standard InChI is InChI=1S/C25H22BrN5O2S/c1-17(11-12-18-7-3-2-4-8-18)27-23-21-9-5-6-10-22(21)31-24(28-23)25(29-30-31)34(32,33)20-15-13-19(26)14-16-20/h2-10,13-17H,11-12H2,1H3,(H,27,28). The molecule has 34 heavy (non-hydrogen) atoms. The van der Waals surface area contributed by atoms with E-state index < -0.39 is 9.84 Å². The van der Waals surface area contributed by atoms with Gasteiger partial charge in [-0.25, -0.2) is 13.4 Å². The van der Waals surface area contributed by atoms with E-state index in [0.29, 0.717) is 5.82 Å². The molecule has 2 aromatic heterocycles. The molecule has 3 aromatic carbocycles. The van der Waals surface area contributed by atoms with Crippen molar-refractivity contribution in [2.75, 3.05) is 5.32 Å². The third kappa shape index (κ3) is 4.28. The number of hydrogen-bond acceptors (Lipinski definition) is 6. The molecule has 0 aliphatic heterocycles. The van der Waals surface area contributed by atoms with Gasteiger partial charge in [-0.1, -0.05) is 63.6 Å². The molecule has 0 saturated carbocycles. The van der Waals surface area contributed by atoms with Gasteiger partial charge in [-0.05, 0) is 61.7 Å². The lowest BCUT2D eigenvalue weighted by atomic mass is 10.1. The minimum atomic E-state index is -3.90. The van der Waals surface area contributed by atoms with Crippen LogP contribution in [0.5, 0.6) is 0 Å². The van der Waals surface area contributed by atoms with Crippen molar-refractivity contribution in [3.63, 3.8) is 0 Å². The van der Waals surface area contributed by atoms with E-state index in [4.69, 9.17) is 4.98 Å². The number of hydrogen-bond donors (Lipinski definition) is 1. The zero-order chi connectivity index (χ0) is 23.7. The average molecular weight is 536 g/mol. The highest BCUT2D eigenvalue weighted by Gasteiger charge is 2.27. The SMILES string of the molecule is CC(CCc1ccccc1)Nc1nc2c(S(=O)(=O)c3ccc(Br)cc3)nnn2c2ccccc12. The molecule has 1 N–H and O–H groups in total. The van der Waals surface area contributed by atoms with Gasteiger partial charge in [0, 0.05) is 15.9 Å². The van der Waals surface area contributed by atoms with Gasteiger partial charge in [0.15, 0.2) is 5.65 Å². The number of sulfone groups is 1. The number of fused-ring (bicyclic) bond motifs is 3. The van der Waals surface area contributed by atoms with E-state index in [9.17, 15) is 8.42 Å². The van der Waals surface area contributed by atoms with Crippen molar-refractivity contribution < 1.29 is 8.42 Å². The Morgan fingerprint density at radius 3 is 2.44 bits per heavy atom. The van der Waals surface area contributed by atoms with Crippen molar-refractivity contribution >= 4 is 48.1 Å². The monoisotopic (exact) mass is 535 g/mol. The van der Waals surface area contributed by atoms with Crippen LogP contribution in [0.2, 0.25) is 0 Å². The first kappa shape index (κ1) is 22.5. The average Bonchev–Trinajstić information content (AvgIpc) is 3.29. The van der Waals surface area contributed by atoms with Gasteiger partial charge < -0.3 is 5.32 Å². The van der Waals surface area contributed by atoms with Crippen LogP contribution in [0, 0.1) is 0 Å². The minimum Gasteiger partial charge on any atom is -0.367 e. The lowest BCUT2D eigenvalue weighted by molar-refractivity contribution is 0.592. The molecule has 0 bridgehead atoms. The number of rotatable bonds is 7. The predicted octanol–water partition coefficient (Wildman–Crippen LogP) is 5.31. The van der Waals surface area contributed by atoms with Gasteiger partial charge in [0.1, 0.15) is 5.82 Å². The van der Waals surface area contributed by atoms with Crippen LogP contribution in [0.1, 0.15) is 18.9 Å². The largest absolute Gasteiger partial charge is 0.367 e. The first-order valence-corrected chi connectivity index (χ1v) is 13.2. The summed E-state index contributed by atoms with van der Waals surface area (Å²) in [5, 5.41) is 12.3. The molecule has 9 heteroatoms. The first-order valence-electron chi connectivity index (χ1n) is 10.9. The fourth-order valence-electron chi connectivity index (χ4n) is 3.89. The van der Waals surface area contributed by atoms with Crippen LogP contribution in [0.4, 0.5) is 5.82 Å². The van der Waals surface area contributed by atoms with Crippen LogP contribution in [-0.2, 0) is 16.3 Å². The van der Waals surface area contributed by atoms with E-state index in [0.717, 1.165) is 28.2 Å². The molecule has 172 valence electrons. The lowest BCUT2D eigenvalue weighted by Gasteiger charge is -2.16. The van der Waals surface area contributed by atoms with Crippen LogP contribution in [0.25, 0.3) is 16.6 Å². The van der Waals surface area contributed by atoms with E-state index in [1.165, 1.54) is 22.2 Å². The zero-order valence-electron chi connectivity index (χ0n) is 18.4. The minimum absolute atomic E-state index is 0.112. The molecule has 0 amide bonds. The number of aryl methyl sites for hydroxylation is 1. The van der Waals surface area contributed by atoms with Gasteiger partial charge >= 0.3 is 0 Å². The van der Waals surface area contributed by atoms with Crippen molar-refractivity contribution in [1.29, 1.82) is 0 Å². The Morgan fingerprint density at radius 2 is 1.68 bits per heavy atom. The molecule has 0 saturated heterocycles. The fraction of sp³-hybridized carbons (Fsp3) is 0.160. The van der Waals surface area contributed by atoms with Gasteiger partial charge in [-0.2, -0.15) is 4.52 Å². The van der Waals surface area contributed by atoms with Gasteiger partial charge in [0.25, 0.3) is 0 Å². The molecular formula is C25H22BrN5O2S. The van der Waals surface area contributed by atoms with Crippen LogP contribution < -0.4 is 5.32 Å². The Kier molecular flexibility index (Phi) is 6.05. The number of nitrogens with zero attached hydrogens (tertiary/aromatic N) is 4. The van der Waals surface area contributed by atoms with Gasteiger partial charge in [0.05, 0.1) is 10.4 Å². The summed E-state index contributed by atoms with van der Waals surface area (Å²) in [5.41, 5.74) is 2.20. The summed E-state index contributed by atoms with van der Waals surface area (Å²) < 4.78 is 29.0. The number of anilines is 1. The molecule has 2 heterocycles. The Morgan fingerprint density at radius 1 is 0.971 bits per heavy atom. The van der Waals surface area contributed by atoms with Crippen molar-refractivity contribution in [1.82, 2.24) is 19.8 Å². The summed E-state index contributed by atoms with van der Waals surface area (Å²) in [6, 6.07) is 24.5. The molecule has 0 radical (unpaired) electrons. The van der Waals surface area contributed by atoms with Crippen molar-refractivity contribution in [2.24, 2.45) is 0 Å². The molecule has 1 atom stereocenters. The molecule has 0 spiro atoms. The van der Waals surface area contributed by atoms with Gasteiger partial charge in [-0.3, -0.25) is 0 Å². The molecule has 0 aliphatic rings. The number of aromatic nitrogens is 4. The van der Waals surface area contributed by atoms with Crippen LogP contribution in [0.15, 0.2) is 93.3 Å². The molecule has 1 unspecified atom stereocenters. The smallest absolute Gasteiger partial charge is 0.229 e. The van der Waals surface area contributed by atoms with Crippen molar-refractivity contribution in [3.8, 4) is 0 Å². The molecule has 5 rings (SSSR count). The normalized spacial score (nSPS) is 12.8. The fourth-order valence-corrected chi connectivity index (χ4v) is 5.39. The molecule has 7 nitrogen and oxygen atoms in total. The first-order chi connectivity index (χ1) is 16.4. The van der Waals surface area contributed by atoms with Crippen LogP contribution >= 0.6 is 15.9 Å². The van der Waals surface area contributed by atoms with Gasteiger partial charge in [-0.15, -0.1) is 5.10 Å². The second kappa shape index (κ2) is 9.15. The summed E-state index contributed by atoms with van der Waals surface area (Å²) in [6.07, 6.45) is 1.82. The maximum Gasteiger partial charge on any atom is 0.229 e. The molecule has 0 aliphatic carbocycles. The summed E-state index contributed by atoms with van der Waals surface area (Å²) in [6.45, 7) is 2.09. The topological polar surface area (TPSA) is 89.2 Å². The van der Waals surface area contributed by atoms with E-state index in [-0.39, 0.29) is 21.6 Å². The van der Waals surface area contributed by atoms with E-state index in [1.54, 1.807) is 12.1 Å². The Balaban J connectivity index is 1.55. The van der Waals surface area contributed by atoms with Gasteiger partial charge in [0.2, 0.25) is 14.9 Å². The second-order valence-electron chi connectivity index (χ2n) is 8.13. The van der Waals surface area contributed by atoms with E-state index in [1.807, 2.05) is 42.5 Å². The molecular weight excluding hydrogens is 514 g/mol. The number of halogens is 1. The Bertz CT molecular complexity index is 1570. The van der Waals surface area contributed by atoms with Crippen molar-refractivity contribution in [3.05, 3.63) is 88.9 Å². The Hall–Kier alpha value is -3.30. The maximum absolute atomic E-state index is 13.4. The highest BCUT2D eigenvalue weighted by atomic mass is 79.9. The number of para-hydroxylation sites is 1. The number of benzene rings is 3. The summed E-state index contributed by atoms with van der Waals surface area (Å²) in [5.74, 6) is 0.609. The highest BCUT2D eigenvalue weighted by Crippen LogP contribution is 2.29. The third-order valence-electron chi connectivity index (χ3n) is 5.69. The maximum atomic E-state index is 13.4. The quantitative estimate of drug-likeness (QED) is 0.304. The predicted molar refractivity (Wildman–Crippen MR) is 136 cm³/mol. The van der Waals surface area contributed by atoms with Crippen LogP contribution in [-0.4, -0.2) is 34.3 Å². The second-order valence-corrected chi connectivity index (χ2v) is 10.9. The summed E-state index contributed by atoms with van der Waals surface area (Å²) in [4.78, 5) is 4.84.